The lowest BCUT2D eigenvalue weighted by molar-refractivity contribution is -0.138. The molecule has 0 radical (unpaired) electrons. The van der Waals surface area contributed by atoms with Crippen LogP contribution in [0, 0.1) is 0 Å². The number of carbonyl (C=O) groups excluding carboxylic acids is 1. The number of carbonyl (C=O) groups is 2. The van der Waals surface area contributed by atoms with Gasteiger partial charge >= 0.3 is 5.97 Å². The second-order valence-electron chi connectivity index (χ2n) is 3.40. The lowest BCUT2D eigenvalue weighted by atomic mass is 10.2. The highest BCUT2D eigenvalue weighted by Gasteiger charge is 2.06. The molecule has 15 heavy (non-hydrogen) atoms. The van der Waals surface area contributed by atoms with Gasteiger partial charge in [0.05, 0.1) is 6.10 Å². The number of ether oxygens (including phenoxy) is 1. The van der Waals surface area contributed by atoms with Gasteiger partial charge in [0.25, 0.3) is 0 Å². The molecule has 0 aromatic carbocycles. The van der Waals surface area contributed by atoms with Gasteiger partial charge in [-0.2, -0.15) is 0 Å². The fourth-order valence-corrected chi connectivity index (χ4v) is 0.990. The Kier molecular flexibility index (Phi) is 7.62. The van der Waals surface area contributed by atoms with Gasteiger partial charge in [0.15, 0.2) is 0 Å². The van der Waals surface area contributed by atoms with E-state index in [4.69, 9.17) is 9.84 Å². The molecule has 5 heteroatoms. The number of amides is 1. The van der Waals surface area contributed by atoms with E-state index in [9.17, 15) is 9.59 Å². The summed E-state index contributed by atoms with van der Waals surface area (Å²) < 4.78 is 5.21. The van der Waals surface area contributed by atoms with Crippen LogP contribution in [0.1, 0.15) is 39.5 Å². The molecule has 0 aliphatic rings. The highest BCUT2D eigenvalue weighted by atomic mass is 16.5. The van der Waals surface area contributed by atoms with Crippen molar-refractivity contribution in [3.63, 3.8) is 0 Å². The van der Waals surface area contributed by atoms with Crippen molar-refractivity contribution in [1.82, 2.24) is 5.32 Å². The largest absolute Gasteiger partial charge is 0.481 e. The summed E-state index contributed by atoms with van der Waals surface area (Å²) in [5, 5.41) is 11.0. The number of rotatable bonds is 8. The zero-order valence-electron chi connectivity index (χ0n) is 9.28. The van der Waals surface area contributed by atoms with Gasteiger partial charge in [-0.05, 0) is 19.8 Å². The molecular weight excluding hydrogens is 198 g/mol. The minimum atomic E-state index is -0.833. The van der Waals surface area contributed by atoms with Crippen molar-refractivity contribution in [2.75, 3.05) is 6.73 Å². The molecule has 0 bridgehead atoms. The molecule has 0 saturated carbocycles. The van der Waals surface area contributed by atoms with Crippen LogP contribution >= 0.6 is 0 Å². The molecule has 0 rings (SSSR count). The Morgan fingerprint density at radius 3 is 2.60 bits per heavy atom. The zero-order chi connectivity index (χ0) is 11.7. The fourth-order valence-electron chi connectivity index (χ4n) is 0.990. The summed E-state index contributed by atoms with van der Waals surface area (Å²) in [5.74, 6) is -0.872. The topological polar surface area (TPSA) is 75.6 Å². The predicted octanol–water partition coefficient (Wildman–Crippen LogP) is 1.13. The lowest BCUT2D eigenvalue weighted by Gasteiger charge is -2.12. The minimum absolute atomic E-state index is 0.0389. The Morgan fingerprint density at radius 2 is 2.07 bits per heavy atom. The Morgan fingerprint density at radius 1 is 1.40 bits per heavy atom. The van der Waals surface area contributed by atoms with Gasteiger partial charge in [-0.3, -0.25) is 9.59 Å². The van der Waals surface area contributed by atoms with Gasteiger partial charge in [0.1, 0.15) is 6.73 Å². The minimum Gasteiger partial charge on any atom is -0.481 e. The molecule has 0 saturated heterocycles. The van der Waals surface area contributed by atoms with E-state index in [2.05, 4.69) is 5.32 Å². The van der Waals surface area contributed by atoms with Crippen LogP contribution < -0.4 is 5.32 Å². The number of carboxylic acids is 1. The van der Waals surface area contributed by atoms with Crippen molar-refractivity contribution in [2.24, 2.45) is 0 Å². The van der Waals surface area contributed by atoms with Gasteiger partial charge in [-0.1, -0.05) is 6.92 Å². The molecule has 0 aliphatic carbocycles. The molecule has 1 atom stereocenters. The molecule has 0 heterocycles. The summed E-state index contributed by atoms with van der Waals surface area (Å²) in [7, 11) is 0. The van der Waals surface area contributed by atoms with E-state index in [0.717, 1.165) is 6.42 Å². The molecule has 1 amide bonds. The molecule has 0 spiro atoms. The first-order chi connectivity index (χ1) is 7.06. The fraction of sp³-hybridized carbons (Fsp3) is 0.800. The third-order valence-corrected chi connectivity index (χ3v) is 1.88. The number of aliphatic carboxylic acids is 1. The Balaban J connectivity index is 3.41. The van der Waals surface area contributed by atoms with Crippen LogP contribution in [-0.4, -0.2) is 29.8 Å². The zero-order valence-corrected chi connectivity index (χ0v) is 9.28. The Labute approximate surface area is 89.8 Å². The summed E-state index contributed by atoms with van der Waals surface area (Å²) in [6.45, 7) is 3.87. The van der Waals surface area contributed by atoms with Gasteiger partial charge in [-0.15, -0.1) is 0 Å². The first kappa shape index (κ1) is 13.9. The molecule has 0 aromatic heterocycles. The van der Waals surface area contributed by atoms with E-state index in [1.807, 2.05) is 6.92 Å². The average molecular weight is 217 g/mol. The highest BCUT2D eigenvalue weighted by molar-refractivity contribution is 5.75. The van der Waals surface area contributed by atoms with Crippen LogP contribution in [0.5, 0.6) is 0 Å². The summed E-state index contributed by atoms with van der Waals surface area (Å²) >= 11 is 0. The van der Waals surface area contributed by atoms with Crippen molar-refractivity contribution >= 4 is 11.9 Å². The number of carboxylic acid groups (broad SMARTS) is 1. The smallest absolute Gasteiger partial charge is 0.303 e. The Bertz CT molecular complexity index is 206. The molecule has 5 nitrogen and oxygen atoms in total. The van der Waals surface area contributed by atoms with Crippen LogP contribution in [0.2, 0.25) is 0 Å². The van der Waals surface area contributed by atoms with Crippen LogP contribution in [0.4, 0.5) is 0 Å². The third-order valence-electron chi connectivity index (χ3n) is 1.88. The first-order valence-corrected chi connectivity index (χ1v) is 5.16. The summed E-state index contributed by atoms with van der Waals surface area (Å²) in [5.41, 5.74) is 0. The molecule has 88 valence electrons. The van der Waals surface area contributed by atoms with E-state index in [-0.39, 0.29) is 25.2 Å². The van der Waals surface area contributed by atoms with Crippen LogP contribution in [0.3, 0.4) is 0 Å². The van der Waals surface area contributed by atoms with Crippen molar-refractivity contribution in [3.05, 3.63) is 0 Å². The number of hydrogen-bond donors (Lipinski definition) is 2. The molecule has 0 aromatic rings. The normalized spacial score (nSPS) is 12.1. The van der Waals surface area contributed by atoms with Crippen LogP contribution in [0.25, 0.3) is 0 Å². The van der Waals surface area contributed by atoms with Crippen LogP contribution in [0.15, 0.2) is 0 Å². The first-order valence-electron chi connectivity index (χ1n) is 5.16. The maximum Gasteiger partial charge on any atom is 0.303 e. The summed E-state index contributed by atoms with van der Waals surface area (Å²) in [6.07, 6.45) is 1.69. The quantitative estimate of drug-likeness (QED) is 0.597. The second-order valence-corrected chi connectivity index (χ2v) is 3.40. The van der Waals surface area contributed by atoms with Gasteiger partial charge in [0, 0.05) is 12.8 Å². The lowest BCUT2D eigenvalue weighted by Crippen LogP contribution is -2.28. The molecule has 2 N–H and O–H groups in total. The highest BCUT2D eigenvalue weighted by Crippen LogP contribution is 2.00. The molecule has 0 fully saturated rings. The van der Waals surface area contributed by atoms with Gasteiger partial charge in [0.2, 0.25) is 5.91 Å². The maximum atomic E-state index is 11.0. The number of hydrogen-bond acceptors (Lipinski definition) is 3. The second kappa shape index (κ2) is 8.23. The average Bonchev–Trinajstić information content (AvgIpc) is 2.15. The SMILES string of the molecule is CCCC(=O)NCO[C@@H](C)CCC(=O)O. The van der Waals surface area contributed by atoms with E-state index in [1.54, 1.807) is 6.92 Å². The maximum absolute atomic E-state index is 11.0. The van der Waals surface area contributed by atoms with E-state index >= 15 is 0 Å². The van der Waals surface area contributed by atoms with Gasteiger partial charge in [-0.25, -0.2) is 0 Å². The summed E-state index contributed by atoms with van der Waals surface area (Å²) in [6, 6.07) is 0. The van der Waals surface area contributed by atoms with E-state index in [1.165, 1.54) is 0 Å². The van der Waals surface area contributed by atoms with Crippen molar-refractivity contribution in [1.29, 1.82) is 0 Å². The van der Waals surface area contributed by atoms with E-state index in [0.29, 0.717) is 12.8 Å². The van der Waals surface area contributed by atoms with Crippen molar-refractivity contribution in [3.8, 4) is 0 Å². The molecule has 0 aliphatic heterocycles. The predicted molar refractivity (Wildman–Crippen MR) is 55.3 cm³/mol. The Hall–Kier alpha value is -1.10. The van der Waals surface area contributed by atoms with Crippen molar-refractivity contribution in [2.45, 2.75) is 45.6 Å². The third kappa shape index (κ3) is 9.21. The molecular formula is C10H19NO4. The van der Waals surface area contributed by atoms with Gasteiger partial charge < -0.3 is 15.2 Å². The molecule has 0 unspecified atom stereocenters. The van der Waals surface area contributed by atoms with Crippen molar-refractivity contribution < 1.29 is 19.4 Å². The van der Waals surface area contributed by atoms with Crippen LogP contribution in [-0.2, 0) is 14.3 Å². The monoisotopic (exact) mass is 217 g/mol. The number of nitrogens with one attached hydrogen (secondary N) is 1. The summed E-state index contributed by atoms with van der Waals surface area (Å²) in [4.78, 5) is 21.3. The van der Waals surface area contributed by atoms with E-state index < -0.39 is 5.97 Å². The standard InChI is InChI=1S/C10H19NO4/c1-3-4-9(12)11-7-15-8(2)5-6-10(13)14/h8H,3-7H2,1-2H3,(H,11,12)(H,13,14)/t8-/m0/s1.